The van der Waals surface area contributed by atoms with E-state index in [0.717, 1.165) is 4.47 Å². The van der Waals surface area contributed by atoms with Crippen molar-refractivity contribution in [3.8, 4) is 0 Å². The number of benzene rings is 1. The SMILES string of the molecule is O=C(CCCS(=O)(=O)c1cccc(Br)c1)c1cccs1. The summed E-state index contributed by atoms with van der Waals surface area (Å²) in [7, 11) is -3.33. The van der Waals surface area contributed by atoms with E-state index in [4.69, 9.17) is 0 Å². The molecule has 0 bridgehead atoms. The standard InChI is InChI=1S/C14H13BrO3S2/c15-11-4-1-5-12(10-11)20(17,18)9-3-6-13(16)14-7-2-8-19-14/h1-2,4-5,7-8,10H,3,6,9H2. The van der Waals surface area contributed by atoms with Crippen molar-refractivity contribution in [3.63, 3.8) is 0 Å². The Morgan fingerprint density at radius 3 is 2.65 bits per heavy atom. The van der Waals surface area contributed by atoms with E-state index in [1.165, 1.54) is 11.3 Å². The van der Waals surface area contributed by atoms with Crippen LogP contribution >= 0.6 is 27.3 Å². The summed E-state index contributed by atoms with van der Waals surface area (Å²) in [4.78, 5) is 12.8. The van der Waals surface area contributed by atoms with Crippen LogP contribution in [-0.2, 0) is 9.84 Å². The van der Waals surface area contributed by atoms with Crippen LogP contribution in [-0.4, -0.2) is 20.0 Å². The van der Waals surface area contributed by atoms with E-state index in [1.54, 1.807) is 30.3 Å². The first-order valence-corrected chi connectivity index (χ1v) is 9.36. The molecule has 0 radical (unpaired) electrons. The topological polar surface area (TPSA) is 51.2 Å². The normalized spacial score (nSPS) is 11.4. The van der Waals surface area contributed by atoms with Gasteiger partial charge in [0.05, 0.1) is 15.5 Å². The highest BCUT2D eigenvalue weighted by atomic mass is 79.9. The van der Waals surface area contributed by atoms with Crippen molar-refractivity contribution in [2.24, 2.45) is 0 Å². The van der Waals surface area contributed by atoms with Gasteiger partial charge in [-0.3, -0.25) is 4.79 Å². The molecule has 1 aromatic heterocycles. The number of carbonyl (C=O) groups is 1. The molecule has 0 atom stereocenters. The van der Waals surface area contributed by atoms with Crippen LogP contribution in [0.25, 0.3) is 0 Å². The first-order valence-electron chi connectivity index (χ1n) is 6.04. The lowest BCUT2D eigenvalue weighted by molar-refractivity contribution is 0.0986. The van der Waals surface area contributed by atoms with Crippen LogP contribution in [0.3, 0.4) is 0 Å². The van der Waals surface area contributed by atoms with Crippen molar-refractivity contribution in [1.82, 2.24) is 0 Å². The molecule has 0 fully saturated rings. The van der Waals surface area contributed by atoms with Crippen LogP contribution < -0.4 is 0 Å². The average molecular weight is 373 g/mol. The third-order valence-corrected chi connectivity index (χ3v) is 5.97. The molecule has 1 heterocycles. The van der Waals surface area contributed by atoms with Gasteiger partial charge in [0.15, 0.2) is 15.6 Å². The number of rotatable bonds is 6. The third-order valence-electron chi connectivity index (χ3n) is 2.77. The molecule has 2 aromatic rings. The molecule has 0 N–H and O–H groups in total. The monoisotopic (exact) mass is 372 g/mol. The first-order chi connectivity index (χ1) is 9.49. The second kappa shape index (κ2) is 6.65. The van der Waals surface area contributed by atoms with Gasteiger partial charge in [-0.2, -0.15) is 0 Å². The van der Waals surface area contributed by atoms with Gasteiger partial charge in [-0.1, -0.05) is 28.1 Å². The fraction of sp³-hybridized carbons (Fsp3) is 0.214. The van der Waals surface area contributed by atoms with E-state index in [9.17, 15) is 13.2 Å². The summed E-state index contributed by atoms with van der Waals surface area (Å²) >= 11 is 4.64. The Morgan fingerprint density at radius 1 is 1.20 bits per heavy atom. The second-order valence-corrected chi connectivity index (χ2v) is 8.25. The molecule has 0 unspecified atom stereocenters. The van der Waals surface area contributed by atoms with Gasteiger partial charge >= 0.3 is 0 Å². The summed E-state index contributed by atoms with van der Waals surface area (Å²) in [6, 6.07) is 10.2. The summed E-state index contributed by atoms with van der Waals surface area (Å²) in [6.07, 6.45) is 0.597. The lowest BCUT2D eigenvalue weighted by atomic mass is 10.2. The lowest BCUT2D eigenvalue weighted by Crippen LogP contribution is -2.08. The Bertz CT molecular complexity index is 691. The Balaban J connectivity index is 1.95. The molecule has 106 valence electrons. The van der Waals surface area contributed by atoms with Crippen LogP contribution in [0.2, 0.25) is 0 Å². The van der Waals surface area contributed by atoms with Gasteiger partial charge in [-0.15, -0.1) is 11.3 Å². The van der Waals surface area contributed by atoms with Crippen LogP contribution in [0, 0.1) is 0 Å². The number of ketones is 1. The molecule has 0 amide bonds. The summed E-state index contributed by atoms with van der Waals surface area (Å²) in [5, 5.41) is 1.84. The molecule has 0 spiro atoms. The van der Waals surface area contributed by atoms with Crippen LogP contribution in [0.5, 0.6) is 0 Å². The molecule has 0 aliphatic heterocycles. The summed E-state index contributed by atoms with van der Waals surface area (Å²) in [5.74, 6) is -0.00921. The molecular formula is C14H13BrO3S2. The van der Waals surface area contributed by atoms with Crippen LogP contribution in [0.15, 0.2) is 51.1 Å². The van der Waals surface area contributed by atoms with E-state index in [2.05, 4.69) is 15.9 Å². The summed E-state index contributed by atoms with van der Waals surface area (Å²) in [5.41, 5.74) is 0. The third kappa shape index (κ3) is 4.01. The maximum Gasteiger partial charge on any atom is 0.178 e. The molecule has 2 rings (SSSR count). The van der Waals surface area contributed by atoms with E-state index < -0.39 is 9.84 Å². The number of halogens is 1. The molecule has 0 saturated heterocycles. The van der Waals surface area contributed by atoms with Gasteiger partial charge in [-0.25, -0.2) is 8.42 Å². The Kier molecular flexibility index (Phi) is 5.12. The Morgan fingerprint density at radius 2 is 2.00 bits per heavy atom. The summed E-state index contributed by atoms with van der Waals surface area (Å²) < 4.78 is 25.0. The number of thiophene rings is 1. The zero-order chi connectivity index (χ0) is 14.6. The maximum atomic E-state index is 12.1. The van der Waals surface area contributed by atoms with Crippen LogP contribution in [0.1, 0.15) is 22.5 Å². The highest BCUT2D eigenvalue weighted by Gasteiger charge is 2.16. The molecule has 6 heteroatoms. The molecule has 3 nitrogen and oxygen atoms in total. The van der Waals surface area contributed by atoms with Gasteiger partial charge in [0, 0.05) is 10.9 Å². The van der Waals surface area contributed by atoms with Gasteiger partial charge in [0.1, 0.15) is 0 Å². The quantitative estimate of drug-likeness (QED) is 0.721. The zero-order valence-electron chi connectivity index (χ0n) is 10.6. The molecular weight excluding hydrogens is 360 g/mol. The smallest absolute Gasteiger partial charge is 0.178 e. The number of hydrogen-bond acceptors (Lipinski definition) is 4. The van der Waals surface area contributed by atoms with Crippen molar-refractivity contribution in [2.75, 3.05) is 5.75 Å². The zero-order valence-corrected chi connectivity index (χ0v) is 13.8. The lowest BCUT2D eigenvalue weighted by Gasteiger charge is -2.04. The largest absolute Gasteiger partial charge is 0.293 e. The van der Waals surface area contributed by atoms with Crippen molar-refractivity contribution in [2.45, 2.75) is 17.7 Å². The van der Waals surface area contributed by atoms with Gasteiger partial charge in [0.2, 0.25) is 0 Å². The number of hydrogen-bond donors (Lipinski definition) is 0. The number of carbonyl (C=O) groups excluding carboxylic acids is 1. The molecule has 0 aliphatic carbocycles. The van der Waals surface area contributed by atoms with E-state index in [1.807, 2.05) is 11.4 Å². The van der Waals surface area contributed by atoms with Crippen molar-refractivity contribution in [1.29, 1.82) is 0 Å². The minimum absolute atomic E-state index is 0.00411. The predicted octanol–water partition coefficient (Wildman–Crippen LogP) is 3.95. The molecule has 20 heavy (non-hydrogen) atoms. The number of sulfone groups is 1. The van der Waals surface area contributed by atoms with Crippen molar-refractivity contribution >= 4 is 42.9 Å². The average Bonchev–Trinajstić information content (AvgIpc) is 2.92. The number of Topliss-reactive ketones (excluding diaryl/α,β-unsaturated/α-hetero) is 1. The van der Waals surface area contributed by atoms with Gasteiger partial charge < -0.3 is 0 Å². The fourth-order valence-electron chi connectivity index (χ4n) is 1.76. The molecule has 0 aliphatic rings. The highest BCUT2D eigenvalue weighted by molar-refractivity contribution is 9.10. The predicted molar refractivity (Wildman–Crippen MR) is 84.1 cm³/mol. The molecule has 0 saturated carbocycles. The Labute approximate surface area is 130 Å². The maximum absolute atomic E-state index is 12.1. The Hall–Kier alpha value is -0.980. The van der Waals surface area contributed by atoms with Crippen molar-refractivity contribution < 1.29 is 13.2 Å². The second-order valence-electron chi connectivity index (χ2n) is 4.28. The van der Waals surface area contributed by atoms with Gasteiger partial charge in [-0.05, 0) is 36.1 Å². The van der Waals surface area contributed by atoms with E-state index >= 15 is 0 Å². The minimum atomic E-state index is -3.33. The van der Waals surface area contributed by atoms with E-state index in [-0.39, 0.29) is 22.9 Å². The highest BCUT2D eigenvalue weighted by Crippen LogP contribution is 2.19. The van der Waals surface area contributed by atoms with Crippen LogP contribution in [0.4, 0.5) is 0 Å². The first kappa shape index (κ1) is 15.4. The fourth-order valence-corrected chi connectivity index (χ4v) is 4.36. The minimum Gasteiger partial charge on any atom is -0.293 e. The molecule has 1 aromatic carbocycles. The van der Waals surface area contributed by atoms with Gasteiger partial charge in [0.25, 0.3) is 0 Å². The van der Waals surface area contributed by atoms with Crippen molar-refractivity contribution in [3.05, 3.63) is 51.1 Å². The van der Waals surface area contributed by atoms with E-state index in [0.29, 0.717) is 11.3 Å². The summed E-state index contributed by atoms with van der Waals surface area (Å²) in [6.45, 7) is 0.